The molecule has 0 fully saturated rings. The second-order valence-corrected chi connectivity index (χ2v) is 7.23. The maximum absolute atomic E-state index is 12.8. The van der Waals surface area contributed by atoms with Gasteiger partial charge in [-0.3, -0.25) is 19.3 Å². The first-order valence-electron chi connectivity index (χ1n) is 8.39. The van der Waals surface area contributed by atoms with Gasteiger partial charge in [-0.1, -0.05) is 11.6 Å². The van der Waals surface area contributed by atoms with Gasteiger partial charge in [0.15, 0.2) is 11.4 Å². The van der Waals surface area contributed by atoms with Crippen molar-refractivity contribution < 1.29 is 19.1 Å². The molecule has 6 nitrogen and oxygen atoms in total. The number of Topliss-reactive ketones (excluding diaryl/α,β-unsaturated/α-hetero) is 1. The maximum atomic E-state index is 12.8. The lowest BCUT2D eigenvalue weighted by Crippen LogP contribution is -2.53. The molecule has 0 aromatic heterocycles. The van der Waals surface area contributed by atoms with Crippen LogP contribution in [-0.2, 0) is 9.59 Å². The Kier molecular flexibility index (Phi) is 4.93. The number of fused-ring (bicyclic) bond motifs is 1. The van der Waals surface area contributed by atoms with Crippen LogP contribution in [0.2, 0.25) is 5.02 Å². The Morgan fingerprint density at radius 1 is 1.15 bits per heavy atom. The molecule has 140 valence electrons. The molecule has 1 aliphatic rings. The lowest BCUT2D eigenvalue weighted by molar-refractivity contribution is -0.132. The van der Waals surface area contributed by atoms with Crippen molar-refractivity contribution in [2.24, 2.45) is 0 Å². The fraction of sp³-hybridized carbons (Fsp3) is 0.250. The Balaban J connectivity index is 1.87. The highest BCUT2D eigenvalue weighted by atomic mass is 35.5. The zero-order chi connectivity index (χ0) is 19.8. The number of anilines is 2. The Labute approximate surface area is 162 Å². The maximum Gasteiger partial charge on any atom is 0.271 e. The van der Waals surface area contributed by atoms with Crippen LogP contribution in [0, 0.1) is 0 Å². The molecule has 1 heterocycles. The summed E-state index contributed by atoms with van der Waals surface area (Å²) in [5.41, 5.74) is 0.413. The van der Waals surface area contributed by atoms with Gasteiger partial charge < -0.3 is 10.1 Å². The van der Waals surface area contributed by atoms with E-state index in [-0.39, 0.29) is 24.1 Å². The number of ketones is 1. The van der Waals surface area contributed by atoms with E-state index in [4.69, 9.17) is 16.3 Å². The van der Waals surface area contributed by atoms with Crippen LogP contribution >= 0.6 is 11.6 Å². The molecule has 27 heavy (non-hydrogen) atoms. The minimum absolute atomic E-state index is 0.140. The van der Waals surface area contributed by atoms with Crippen molar-refractivity contribution in [1.82, 2.24) is 0 Å². The van der Waals surface area contributed by atoms with Crippen LogP contribution in [0.1, 0.15) is 31.1 Å². The molecule has 2 amide bonds. The normalized spacial score (nSPS) is 15.0. The summed E-state index contributed by atoms with van der Waals surface area (Å²) < 4.78 is 5.76. The zero-order valence-electron chi connectivity index (χ0n) is 15.2. The van der Waals surface area contributed by atoms with E-state index in [0.717, 1.165) is 0 Å². The average Bonchev–Trinajstić information content (AvgIpc) is 2.59. The van der Waals surface area contributed by atoms with Crippen molar-refractivity contribution in [3.63, 3.8) is 0 Å². The van der Waals surface area contributed by atoms with Crippen LogP contribution in [0.25, 0.3) is 0 Å². The molecule has 0 saturated heterocycles. The van der Waals surface area contributed by atoms with E-state index in [1.807, 2.05) is 0 Å². The van der Waals surface area contributed by atoms with E-state index in [2.05, 4.69) is 5.32 Å². The van der Waals surface area contributed by atoms with Gasteiger partial charge in [-0.15, -0.1) is 0 Å². The fourth-order valence-electron chi connectivity index (χ4n) is 2.88. The number of nitrogens with one attached hydrogen (secondary N) is 1. The van der Waals surface area contributed by atoms with Gasteiger partial charge in [0.25, 0.3) is 5.91 Å². The Morgan fingerprint density at radius 3 is 2.44 bits per heavy atom. The molecule has 0 aliphatic carbocycles. The highest BCUT2D eigenvalue weighted by Crippen LogP contribution is 2.39. The molecule has 1 N–H and O–H groups in total. The highest BCUT2D eigenvalue weighted by Gasteiger charge is 2.41. The second-order valence-electron chi connectivity index (χ2n) is 6.80. The monoisotopic (exact) mass is 386 g/mol. The van der Waals surface area contributed by atoms with E-state index in [9.17, 15) is 14.4 Å². The summed E-state index contributed by atoms with van der Waals surface area (Å²) in [5.74, 6) is -0.247. The number of hydrogen-bond acceptors (Lipinski definition) is 4. The van der Waals surface area contributed by atoms with Crippen LogP contribution in [0.4, 0.5) is 11.4 Å². The van der Waals surface area contributed by atoms with Crippen molar-refractivity contribution in [3.8, 4) is 5.75 Å². The number of halogens is 1. The minimum atomic E-state index is -1.09. The summed E-state index contributed by atoms with van der Waals surface area (Å²) in [6.07, 6.45) is 0. The van der Waals surface area contributed by atoms with E-state index in [0.29, 0.717) is 27.7 Å². The molecule has 0 radical (unpaired) electrons. The summed E-state index contributed by atoms with van der Waals surface area (Å²) in [7, 11) is 0. The first-order valence-corrected chi connectivity index (χ1v) is 8.76. The standard InChI is InChI=1S/C20H19ClN2O4/c1-12(24)22-15-7-4-13(5-8-15)17(25)11-23-16-10-14(21)6-9-18(16)27-20(2,3)19(23)26/h4-10H,11H2,1-3H3,(H,22,24). The number of carbonyl (C=O) groups is 3. The van der Waals surface area contributed by atoms with Gasteiger partial charge in [0, 0.05) is 23.2 Å². The zero-order valence-corrected chi connectivity index (χ0v) is 16.0. The fourth-order valence-corrected chi connectivity index (χ4v) is 3.04. The lowest BCUT2D eigenvalue weighted by Gasteiger charge is -2.38. The second kappa shape index (κ2) is 7.04. The number of benzene rings is 2. The van der Waals surface area contributed by atoms with Crippen molar-refractivity contribution in [2.45, 2.75) is 26.4 Å². The third kappa shape index (κ3) is 3.95. The molecule has 3 rings (SSSR count). The molecule has 0 atom stereocenters. The Bertz CT molecular complexity index is 922. The molecule has 0 bridgehead atoms. The highest BCUT2D eigenvalue weighted by molar-refractivity contribution is 6.31. The number of carbonyl (C=O) groups excluding carboxylic acids is 3. The van der Waals surface area contributed by atoms with E-state index >= 15 is 0 Å². The molecule has 0 spiro atoms. The molecular weight excluding hydrogens is 368 g/mol. The number of rotatable bonds is 4. The largest absolute Gasteiger partial charge is 0.476 e. The predicted octanol–water partition coefficient (Wildman–Crippen LogP) is 3.69. The summed E-state index contributed by atoms with van der Waals surface area (Å²) >= 11 is 6.06. The first-order chi connectivity index (χ1) is 12.7. The molecule has 2 aromatic rings. The van der Waals surface area contributed by atoms with Crippen LogP contribution < -0.4 is 15.0 Å². The third-order valence-corrected chi connectivity index (χ3v) is 4.40. The van der Waals surface area contributed by atoms with Crippen molar-refractivity contribution in [3.05, 3.63) is 53.1 Å². The van der Waals surface area contributed by atoms with Gasteiger partial charge in [-0.25, -0.2) is 0 Å². The topological polar surface area (TPSA) is 75.7 Å². The molecule has 1 aliphatic heterocycles. The van der Waals surface area contributed by atoms with Crippen LogP contribution in [0.15, 0.2) is 42.5 Å². The number of nitrogens with zero attached hydrogens (tertiary/aromatic N) is 1. The Morgan fingerprint density at radius 2 is 1.81 bits per heavy atom. The van der Waals surface area contributed by atoms with Crippen molar-refractivity contribution >= 4 is 40.6 Å². The van der Waals surface area contributed by atoms with Crippen molar-refractivity contribution in [1.29, 1.82) is 0 Å². The molecule has 0 unspecified atom stereocenters. The number of amides is 2. The lowest BCUT2D eigenvalue weighted by atomic mass is 10.0. The van der Waals surface area contributed by atoms with E-state index < -0.39 is 5.60 Å². The molecular formula is C20H19ClN2O4. The Hall–Kier alpha value is -2.86. The molecule has 2 aromatic carbocycles. The van der Waals surface area contributed by atoms with E-state index in [1.54, 1.807) is 56.3 Å². The van der Waals surface area contributed by atoms with Crippen LogP contribution in [-0.4, -0.2) is 29.7 Å². The summed E-state index contributed by atoms with van der Waals surface area (Å²) in [5, 5.41) is 3.09. The van der Waals surface area contributed by atoms with Gasteiger partial charge in [0.05, 0.1) is 12.2 Å². The average molecular weight is 387 g/mol. The SMILES string of the molecule is CC(=O)Nc1ccc(C(=O)CN2C(=O)C(C)(C)Oc3ccc(Cl)cc32)cc1. The smallest absolute Gasteiger partial charge is 0.271 e. The minimum Gasteiger partial charge on any atom is -0.476 e. The van der Waals surface area contributed by atoms with Gasteiger partial charge in [-0.05, 0) is 56.3 Å². The number of ether oxygens (including phenoxy) is 1. The predicted molar refractivity (Wildman–Crippen MR) is 104 cm³/mol. The summed E-state index contributed by atoms with van der Waals surface area (Å²) in [6.45, 7) is 4.59. The third-order valence-electron chi connectivity index (χ3n) is 4.17. The molecule has 7 heteroatoms. The van der Waals surface area contributed by atoms with Gasteiger partial charge in [-0.2, -0.15) is 0 Å². The summed E-state index contributed by atoms with van der Waals surface area (Å²) in [6, 6.07) is 11.5. The quantitative estimate of drug-likeness (QED) is 0.813. The number of hydrogen-bond donors (Lipinski definition) is 1. The van der Waals surface area contributed by atoms with E-state index in [1.165, 1.54) is 11.8 Å². The van der Waals surface area contributed by atoms with Gasteiger partial charge >= 0.3 is 0 Å². The van der Waals surface area contributed by atoms with Crippen LogP contribution in [0.5, 0.6) is 5.75 Å². The first kappa shape index (κ1) is 18.9. The van der Waals surface area contributed by atoms with Gasteiger partial charge in [0.1, 0.15) is 5.75 Å². The summed E-state index contributed by atoms with van der Waals surface area (Å²) in [4.78, 5) is 38.1. The molecule has 0 saturated carbocycles. The van der Waals surface area contributed by atoms with Gasteiger partial charge in [0.2, 0.25) is 5.91 Å². The van der Waals surface area contributed by atoms with Crippen LogP contribution in [0.3, 0.4) is 0 Å². The van der Waals surface area contributed by atoms with Crippen molar-refractivity contribution in [2.75, 3.05) is 16.8 Å².